The van der Waals surface area contributed by atoms with Crippen molar-refractivity contribution in [3.05, 3.63) is 30.3 Å². The van der Waals surface area contributed by atoms with E-state index in [2.05, 4.69) is 10.2 Å². The third-order valence-electron chi connectivity index (χ3n) is 5.48. The van der Waals surface area contributed by atoms with E-state index in [4.69, 9.17) is 9.47 Å². The van der Waals surface area contributed by atoms with Crippen LogP contribution in [0.4, 0.5) is 0 Å². The van der Waals surface area contributed by atoms with Crippen LogP contribution in [-0.2, 0) is 9.53 Å². The van der Waals surface area contributed by atoms with Crippen molar-refractivity contribution in [2.24, 2.45) is 0 Å². The molecule has 1 saturated heterocycles. The number of nitrogens with zero attached hydrogens (tertiary/aromatic N) is 1. The fourth-order valence-corrected chi connectivity index (χ4v) is 4.00. The Hall–Kier alpha value is -1.59. The maximum Gasteiger partial charge on any atom is 0.260 e. The van der Waals surface area contributed by atoms with E-state index in [9.17, 15) is 4.79 Å². The van der Waals surface area contributed by atoms with Crippen LogP contribution in [0, 0.1) is 0 Å². The van der Waals surface area contributed by atoms with Gasteiger partial charge >= 0.3 is 0 Å². The number of hydrogen-bond acceptors (Lipinski definition) is 4. The van der Waals surface area contributed by atoms with Gasteiger partial charge in [-0.2, -0.15) is 0 Å². The Morgan fingerprint density at radius 1 is 1.20 bits per heavy atom. The smallest absolute Gasteiger partial charge is 0.260 e. The number of morpholine rings is 1. The molecule has 5 heteroatoms. The predicted octanol–water partition coefficient (Wildman–Crippen LogP) is 2.61. The van der Waals surface area contributed by atoms with E-state index in [-0.39, 0.29) is 11.4 Å². The zero-order chi connectivity index (χ0) is 17.5. The number of benzene rings is 1. The van der Waals surface area contributed by atoms with Gasteiger partial charge in [-0.05, 0) is 31.9 Å². The molecular weight excluding hydrogens is 316 g/mol. The second kappa shape index (κ2) is 8.68. The van der Waals surface area contributed by atoms with Crippen LogP contribution < -0.4 is 10.1 Å². The summed E-state index contributed by atoms with van der Waals surface area (Å²) in [6.07, 6.45) is 5.59. The van der Waals surface area contributed by atoms with E-state index in [1.165, 1.54) is 19.3 Å². The molecule has 3 rings (SSSR count). The highest BCUT2D eigenvalue weighted by Crippen LogP contribution is 2.33. The maximum absolute atomic E-state index is 12.5. The maximum atomic E-state index is 12.5. The molecule has 2 aliphatic rings. The quantitative estimate of drug-likeness (QED) is 0.860. The predicted molar refractivity (Wildman–Crippen MR) is 97.7 cm³/mol. The summed E-state index contributed by atoms with van der Waals surface area (Å²) < 4.78 is 11.3. The van der Waals surface area contributed by atoms with Gasteiger partial charge in [0.15, 0.2) is 6.10 Å². The zero-order valence-electron chi connectivity index (χ0n) is 15.2. The monoisotopic (exact) mass is 346 g/mol. The third-order valence-corrected chi connectivity index (χ3v) is 5.48. The molecule has 1 atom stereocenters. The standard InChI is InChI=1S/C20H30N2O3/c1-17(25-18-8-4-2-5-9-18)19(23)21-16-20(10-6-3-7-11-20)22-12-14-24-15-13-22/h2,4-5,8-9,17H,3,6-7,10-16H2,1H3,(H,21,23). The molecule has 0 aromatic heterocycles. The fraction of sp³-hybridized carbons (Fsp3) is 0.650. The molecule has 0 bridgehead atoms. The molecule has 1 aliphatic carbocycles. The number of carbonyl (C=O) groups is 1. The van der Waals surface area contributed by atoms with Gasteiger partial charge in [0.2, 0.25) is 0 Å². The largest absolute Gasteiger partial charge is 0.481 e. The Kier molecular flexibility index (Phi) is 6.32. The van der Waals surface area contributed by atoms with E-state index in [0.717, 1.165) is 44.9 Å². The summed E-state index contributed by atoms with van der Waals surface area (Å²) in [5, 5.41) is 3.16. The molecule has 1 N–H and O–H groups in total. The number of hydrogen-bond donors (Lipinski definition) is 1. The normalized spacial score (nSPS) is 22.1. The zero-order valence-corrected chi connectivity index (χ0v) is 15.2. The first-order valence-electron chi connectivity index (χ1n) is 9.52. The Morgan fingerprint density at radius 2 is 1.88 bits per heavy atom. The Labute approximate surface area is 150 Å². The average Bonchev–Trinajstić information content (AvgIpc) is 2.68. The van der Waals surface area contributed by atoms with Crippen molar-refractivity contribution in [2.45, 2.75) is 50.7 Å². The number of ether oxygens (including phenoxy) is 2. The number of carbonyl (C=O) groups excluding carboxylic acids is 1. The Bertz CT molecular complexity index is 537. The van der Waals surface area contributed by atoms with Crippen molar-refractivity contribution in [3.63, 3.8) is 0 Å². The van der Waals surface area contributed by atoms with Crippen LogP contribution in [0.3, 0.4) is 0 Å². The van der Waals surface area contributed by atoms with Crippen LogP contribution in [0.15, 0.2) is 30.3 Å². The summed E-state index contributed by atoms with van der Waals surface area (Å²) in [5.41, 5.74) is 0.0875. The molecule has 25 heavy (non-hydrogen) atoms. The van der Waals surface area contributed by atoms with E-state index in [1.807, 2.05) is 37.3 Å². The first-order chi connectivity index (χ1) is 12.2. The Balaban J connectivity index is 1.57. The molecule has 1 aromatic rings. The molecule has 2 fully saturated rings. The van der Waals surface area contributed by atoms with Crippen LogP contribution in [0.5, 0.6) is 5.75 Å². The lowest BCUT2D eigenvalue weighted by molar-refractivity contribution is -0.128. The van der Waals surface area contributed by atoms with Crippen LogP contribution >= 0.6 is 0 Å². The molecule has 1 heterocycles. The molecule has 1 aromatic carbocycles. The van der Waals surface area contributed by atoms with Crippen molar-refractivity contribution in [1.29, 1.82) is 0 Å². The second-order valence-electron chi connectivity index (χ2n) is 7.18. The third kappa shape index (κ3) is 4.73. The molecule has 0 radical (unpaired) electrons. The highest BCUT2D eigenvalue weighted by atomic mass is 16.5. The van der Waals surface area contributed by atoms with Gasteiger partial charge in [0.05, 0.1) is 13.2 Å². The van der Waals surface area contributed by atoms with Gasteiger partial charge < -0.3 is 14.8 Å². The average molecular weight is 346 g/mol. The van der Waals surface area contributed by atoms with Crippen molar-refractivity contribution < 1.29 is 14.3 Å². The van der Waals surface area contributed by atoms with E-state index in [0.29, 0.717) is 6.54 Å². The molecule has 1 unspecified atom stereocenters. The molecule has 0 spiro atoms. The second-order valence-corrected chi connectivity index (χ2v) is 7.18. The lowest BCUT2D eigenvalue weighted by Crippen LogP contribution is -2.60. The van der Waals surface area contributed by atoms with Crippen LogP contribution in [-0.4, -0.2) is 55.3 Å². The highest BCUT2D eigenvalue weighted by Gasteiger charge is 2.39. The lowest BCUT2D eigenvalue weighted by Gasteiger charge is -2.48. The van der Waals surface area contributed by atoms with Crippen molar-refractivity contribution >= 4 is 5.91 Å². The molecule has 1 saturated carbocycles. The summed E-state index contributed by atoms with van der Waals surface area (Å²) in [5.74, 6) is 0.688. The number of nitrogens with one attached hydrogen (secondary N) is 1. The topological polar surface area (TPSA) is 50.8 Å². The highest BCUT2D eigenvalue weighted by molar-refractivity contribution is 5.80. The van der Waals surface area contributed by atoms with Gasteiger partial charge in [0.25, 0.3) is 5.91 Å². The first-order valence-corrected chi connectivity index (χ1v) is 9.52. The minimum Gasteiger partial charge on any atom is -0.481 e. The summed E-state index contributed by atoms with van der Waals surface area (Å²) in [4.78, 5) is 15.1. The van der Waals surface area contributed by atoms with Gasteiger partial charge in [-0.3, -0.25) is 9.69 Å². The fourth-order valence-electron chi connectivity index (χ4n) is 4.00. The van der Waals surface area contributed by atoms with E-state index in [1.54, 1.807) is 0 Å². The van der Waals surface area contributed by atoms with Crippen LogP contribution in [0.1, 0.15) is 39.0 Å². The van der Waals surface area contributed by atoms with Crippen LogP contribution in [0.25, 0.3) is 0 Å². The van der Waals surface area contributed by atoms with Gasteiger partial charge in [0.1, 0.15) is 5.75 Å². The molecule has 1 aliphatic heterocycles. The van der Waals surface area contributed by atoms with E-state index < -0.39 is 6.10 Å². The van der Waals surface area contributed by atoms with Gasteiger partial charge in [-0.15, -0.1) is 0 Å². The minimum absolute atomic E-state index is 0.0398. The van der Waals surface area contributed by atoms with Crippen molar-refractivity contribution in [3.8, 4) is 5.75 Å². The van der Waals surface area contributed by atoms with Crippen molar-refractivity contribution in [1.82, 2.24) is 10.2 Å². The van der Waals surface area contributed by atoms with Crippen LogP contribution in [0.2, 0.25) is 0 Å². The summed E-state index contributed by atoms with van der Waals surface area (Å²) >= 11 is 0. The SMILES string of the molecule is CC(Oc1ccccc1)C(=O)NCC1(N2CCOCC2)CCCCC1. The lowest BCUT2D eigenvalue weighted by atomic mass is 9.79. The summed E-state index contributed by atoms with van der Waals surface area (Å²) in [7, 11) is 0. The molecule has 1 amide bonds. The van der Waals surface area contributed by atoms with Gasteiger partial charge in [-0.25, -0.2) is 0 Å². The first kappa shape index (κ1) is 18.2. The Morgan fingerprint density at radius 3 is 2.56 bits per heavy atom. The molecule has 5 nitrogen and oxygen atoms in total. The number of para-hydroxylation sites is 1. The van der Waals surface area contributed by atoms with Gasteiger partial charge in [0, 0.05) is 25.2 Å². The number of amides is 1. The minimum atomic E-state index is -0.493. The number of rotatable bonds is 6. The molecule has 138 valence electrons. The molecular formula is C20H30N2O3. The summed E-state index contributed by atoms with van der Waals surface area (Å²) in [6.45, 7) is 6.03. The summed E-state index contributed by atoms with van der Waals surface area (Å²) in [6, 6.07) is 9.51. The van der Waals surface area contributed by atoms with E-state index >= 15 is 0 Å². The van der Waals surface area contributed by atoms with Crippen molar-refractivity contribution in [2.75, 3.05) is 32.8 Å². The van der Waals surface area contributed by atoms with Gasteiger partial charge in [-0.1, -0.05) is 37.5 Å².